The number of carbonyl (C=O) groups excluding carboxylic acids is 1. The fourth-order valence-electron chi connectivity index (χ4n) is 3.42. The van der Waals surface area contributed by atoms with Crippen LogP contribution in [0.15, 0.2) is 36.8 Å². The summed E-state index contributed by atoms with van der Waals surface area (Å²) in [6, 6.07) is 5.03. The molecule has 0 radical (unpaired) electrons. The molecule has 0 aliphatic carbocycles. The van der Waals surface area contributed by atoms with E-state index in [0.29, 0.717) is 12.1 Å². The summed E-state index contributed by atoms with van der Waals surface area (Å²) in [5, 5.41) is 29.4. The van der Waals surface area contributed by atoms with E-state index in [1.165, 1.54) is 12.1 Å². The maximum atomic E-state index is 11.6. The van der Waals surface area contributed by atoms with E-state index in [0.717, 1.165) is 31.6 Å². The molecule has 2 atom stereocenters. The van der Waals surface area contributed by atoms with Crippen molar-refractivity contribution in [3.8, 4) is 5.75 Å². The van der Waals surface area contributed by atoms with Gasteiger partial charge in [-0.3, -0.25) is 4.79 Å². The number of carbonyl (C=O) groups is 3. The topological polar surface area (TPSA) is 163 Å². The first kappa shape index (κ1) is 31.1. The van der Waals surface area contributed by atoms with Crippen LogP contribution in [0.4, 0.5) is 4.79 Å². The molecule has 1 aliphatic rings. The van der Waals surface area contributed by atoms with Gasteiger partial charge in [-0.05, 0) is 57.9 Å². The zero-order valence-electron chi connectivity index (χ0n) is 20.5. The second-order valence-electron chi connectivity index (χ2n) is 9.30. The number of benzene rings is 1. The molecule has 1 saturated heterocycles. The van der Waals surface area contributed by atoms with Gasteiger partial charge in [0, 0.05) is 39.9 Å². The third-order valence-electron chi connectivity index (χ3n) is 5.18. The zero-order chi connectivity index (χ0) is 26.0. The molecular weight excluding hydrogens is 563 g/mol. The number of carboxylic acids is 2. The fraction of sp³-hybridized carbons (Fsp3) is 0.500. The number of amides is 1. The standard InChI is InChI=1S/C14H19NO5.C10H15N3O2.Pd/c1-14(2,3)20-13(19)15-11(12(17)18)8-9-4-6-10(16)7-5-9;14-10(15)8-1-3-13(6-8)4-2-9-5-11-7-12-9;/h4-7,11,16H,8H2,1-3H3,(H,15,19)(H,17,18);5,7-8H,1-4,6H2,(H2,11,12,14,15);/p-1/t;8-;/m.1./s1. The normalized spacial score (nSPS) is 16.1. The molecule has 1 aliphatic heterocycles. The predicted molar refractivity (Wildman–Crippen MR) is 126 cm³/mol. The molecule has 1 unspecified atom stereocenters. The molecule has 12 heteroatoms. The molecule has 36 heavy (non-hydrogen) atoms. The quantitative estimate of drug-likeness (QED) is 0.331. The Balaban J connectivity index is 0.000000362. The Bertz CT molecular complexity index is 962. The number of aromatic hydroxyl groups is 1. The van der Waals surface area contributed by atoms with Gasteiger partial charge in [-0.2, -0.15) is 0 Å². The molecule has 3 rings (SSSR count). The molecule has 0 spiro atoms. The number of hydrogen-bond acceptors (Lipinski definition) is 7. The summed E-state index contributed by atoms with van der Waals surface area (Å²) >= 11 is 0. The van der Waals surface area contributed by atoms with Crippen LogP contribution in [0, 0.1) is 5.92 Å². The molecule has 1 amide bonds. The van der Waals surface area contributed by atoms with Crippen molar-refractivity contribution in [2.75, 3.05) is 19.6 Å². The molecule has 1 aromatic heterocycles. The van der Waals surface area contributed by atoms with Gasteiger partial charge in [-0.1, -0.05) is 30.4 Å². The Morgan fingerprint density at radius 1 is 1.22 bits per heavy atom. The van der Waals surface area contributed by atoms with Crippen molar-refractivity contribution in [3.05, 3.63) is 48.0 Å². The number of likely N-dealkylation sites (tertiary alicyclic amines) is 1. The summed E-state index contributed by atoms with van der Waals surface area (Å²) in [6.45, 7) is 7.52. The Labute approximate surface area is 223 Å². The number of phenols is 1. The second-order valence-corrected chi connectivity index (χ2v) is 9.30. The molecule has 0 saturated carbocycles. The first-order valence-corrected chi connectivity index (χ1v) is 11.3. The van der Waals surface area contributed by atoms with Crippen LogP contribution in [0.25, 0.3) is 0 Å². The summed E-state index contributed by atoms with van der Waals surface area (Å²) in [5.74, 6) is -1.91. The van der Waals surface area contributed by atoms with Gasteiger partial charge in [0.25, 0.3) is 0 Å². The number of aliphatic carboxylic acids is 2. The first-order valence-electron chi connectivity index (χ1n) is 11.3. The minimum Gasteiger partial charge on any atom is -0.508 e. The van der Waals surface area contributed by atoms with E-state index in [-0.39, 0.29) is 38.5 Å². The summed E-state index contributed by atoms with van der Waals surface area (Å²) in [7, 11) is 0. The van der Waals surface area contributed by atoms with Crippen molar-refractivity contribution in [3.63, 3.8) is 0 Å². The first-order chi connectivity index (χ1) is 16.4. The third kappa shape index (κ3) is 11.7. The monoisotopic (exact) mass is 595 g/mol. The minimum atomic E-state index is -1.15. The molecular formula is C24H33N4O7Pd-. The van der Waals surface area contributed by atoms with E-state index >= 15 is 0 Å². The Hall–Kier alpha value is -2.94. The number of aromatic nitrogens is 2. The van der Waals surface area contributed by atoms with Crippen LogP contribution in [0.2, 0.25) is 0 Å². The van der Waals surface area contributed by atoms with Crippen molar-refractivity contribution >= 4 is 18.0 Å². The number of carboxylic acid groups (broad SMARTS) is 2. The van der Waals surface area contributed by atoms with Gasteiger partial charge >= 0.3 is 18.0 Å². The van der Waals surface area contributed by atoms with Crippen LogP contribution in [0.3, 0.4) is 0 Å². The van der Waals surface area contributed by atoms with Crippen LogP contribution in [0.5, 0.6) is 5.75 Å². The molecule has 4 N–H and O–H groups in total. The number of hydrogen-bond donors (Lipinski definition) is 4. The van der Waals surface area contributed by atoms with Gasteiger partial charge in [0.05, 0.1) is 5.92 Å². The van der Waals surface area contributed by atoms with Crippen molar-refractivity contribution < 1.29 is 54.9 Å². The zero-order valence-corrected chi connectivity index (χ0v) is 22.0. The van der Waals surface area contributed by atoms with Gasteiger partial charge < -0.3 is 40.2 Å². The molecule has 202 valence electrons. The summed E-state index contributed by atoms with van der Waals surface area (Å²) < 4.78 is 5.02. The molecule has 2 heterocycles. The molecule has 1 aromatic carbocycles. The second kappa shape index (κ2) is 14.6. The number of phenolic OH excluding ortho intramolecular Hbond substituents is 1. The third-order valence-corrected chi connectivity index (χ3v) is 5.18. The van der Waals surface area contributed by atoms with E-state index in [1.807, 2.05) is 0 Å². The Kier molecular flexibility index (Phi) is 12.6. The van der Waals surface area contributed by atoms with Gasteiger partial charge in [0.15, 0.2) is 0 Å². The maximum Gasteiger partial charge on any atom is 0.408 e. The van der Waals surface area contributed by atoms with Gasteiger partial charge in [-0.15, -0.1) is 0 Å². The molecule has 11 nitrogen and oxygen atoms in total. The van der Waals surface area contributed by atoms with E-state index in [4.69, 9.17) is 20.1 Å². The average Bonchev–Trinajstić information content (AvgIpc) is 3.44. The van der Waals surface area contributed by atoms with Gasteiger partial charge in [0.2, 0.25) is 0 Å². The van der Waals surface area contributed by atoms with E-state index in [9.17, 15) is 14.4 Å². The largest absolute Gasteiger partial charge is 0.508 e. The van der Waals surface area contributed by atoms with Crippen LogP contribution in [0.1, 0.15) is 38.4 Å². The average molecular weight is 596 g/mol. The smallest absolute Gasteiger partial charge is 0.408 e. The van der Waals surface area contributed by atoms with Gasteiger partial charge in [-0.25, -0.2) is 9.59 Å². The summed E-state index contributed by atoms with van der Waals surface area (Å²) in [5.41, 5.74) is 0.978. The van der Waals surface area contributed by atoms with Gasteiger partial charge in [0.1, 0.15) is 17.4 Å². The Morgan fingerprint density at radius 3 is 2.39 bits per heavy atom. The molecule has 1 fully saturated rings. The van der Waals surface area contributed by atoms with Crippen LogP contribution >= 0.6 is 0 Å². The van der Waals surface area contributed by atoms with E-state index in [2.05, 4.69) is 20.2 Å². The van der Waals surface area contributed by atoms with Crippen molar-refractivity contribution in [2.45, 2.75) is 51.7 Å². The predicted octanol–water partition coefficient (Wildman–Crippen LogP) is 1.90. The number of alkyl carbamates (subject to hydrolysis) is 1. The number of nitrogens with one attached hydrogen (secondary N) is 1. The minimum absolute atomic E-state index is 0. The van der Waals surface area contributed by atoms with Crippen molar-refractivity contribution in [2.24, 2.45) is 5.92 Å². The van der Waals surface area contributed by atoms with Crippen molar-refractivity contribution in [1.29, 1.82) is 0 Å². The molecule has 2 aromatic rings. The number of imidazole rings is 1. The van der Waals surface area contributed by atoms with E-state index in [1.54, 1.807) is 45.4 Å². The fourth-order valence-corrected chi connectivity index (χ4v) is 3.42. The number of rotatable bonds is 8. The summed E-state index contributed by atoms with van der Waals surface area (Å²) in [4.78, 5) is 43.6. The number of ether oxygens (including phenoxy) is 1. The van der Waals surface area contributed by atoms with Crippen molar-refractivity contribution in [1.82, 2.24) is 20.2 Å². The maximum absolute atomic E-state index is 11.6. The molecule has 0 bridgehead atoms. The Morgan fingerprint density at radius 2 is 1.89 bits per heavy atom. The van der Waals surface area contributed by atoms with E-state index < -0.39 is 29.7 Å². The summed E-state index contributed by atoms with van der Waals surface area (Å²) in [6.07, 6.45) is 4.25. The van der Waals surface area contributed by atoms with Crippen LogP contribution in [-0.4, -0.2) is 74.5 Å². The van der Waals surface area contributed by atoms with Crippen LogP contribution in [-0.2, 0) is 47.6 Å². The SMILES string of the molecule is CC(C)(C)OC(=O)NC(Cc1ccc(O)cc1)C(=O)O.O=C(O)[C@@H]1CCN(CCc2cnc[n-]2)C1.[Pd]. The number of nitrogens with zero attached hydrogens (tertiary/aromatic N) is 3. The van der Waals surface area contributed by atoms with Crippen LogP contribution < -0.4 is 10.3 Å².